The highest BCUT2D eigenvalue weighted by Gasteiger charge is 2.16. The van der Waals surface area contributed by atoms with E-state index in [2.05, 4.69) is 0 Å². The van der Waals surface area contributed by atoms with E-state index in [-0.39, 0.29) is 5.75 Å². The van der Waals surface area contributed by atoms with Crippen molar-refractivity contribution in [3.63, 3.8) is 0 Å². The maximum Gasteiger partial charge on any atom is 0.316 e. The first-order valence-corrected chi connectivity index (χ1v) is 7.10. The molecule has 0 amide bonds. The highest BCUT2D eigenvalue weighted by atomic mass is 32.2. The van der Waals surface area contributed by atoms with Crippen LogP contribution >= 0.6 is 23.5 Å². The largest absolute Gasteiger partial charge is 0.481 e. The topological polar surface area (TPSA) is 127 Å². The summed E-state index contributed by atoms with van der Waals surface area (Å²) in [6, 6.07) is 3.14. The maximum atomic E-state index is 10.8. The van der Waals surface area contributed by atoms with E-state index in [9.17, 15) is 9.59 Å². The molecule has 1 rings (SSSR count). The van der Waals surface area contributed by atoms with Gasteiger partial charge in [-0.1, -0.05) is 0 Å². The van der Waals surface area contributed by atoms with Crippen LogP contribution in [0.2, 0.25) is 0 Å². The number of aliphatic carboxylic acids is 2. The predicted octanol–water partition coefficient (Wildman–Crippen LogP) is 1.59. The zero-order valence-corrected chi connectivity index (χ0v) is 11.8. The van der Waals surface area contributed by atoms with E-state index in [1.165, 1.54) is 6.07 Å². The molecule has 0 heterocycles. The molecule has 1 atom stereocenters. The molecule has 6 nitrogen and oxygen atoms in total. The monoisotopic (exact) mass is 302 g/mol. The molecule has 19 heavy (non-hydrogen) atoms. The average molecular weight is 302 g/mol. The Hall–Kier alpha value is -1.54. The summed E-state index contributed by atoms with van der Waals surface area (Å²) in [5, 5.41) is 16.9. The van der Waals surface area contributed by atoms with Crippen molar-refractivity contribution in [2.45, 2.75) is 22.0 Å². The van der Waals surface area contributed by atoms with Gasteiger partial charge in [-0.15, -0.1) is 23.5 Å². The zero-order chi connectivity index (χ0) is 14.6. The fourth-order valence-corrected chi connectivity index (χ4v) is 2.85. The summed E-state index contributed by atoms with van der Waals surface area (Å²) in [7, 11) is 0. The number of nitrogen functional groups attached to an aromatic ring is 2. The van der Waals surface area contributed by atoms with Gasteiger partial charge in [-0.05, 0) is 19.1 Å². The van der Waals surface area contributed by atoms with Crippen LogP contribution in [0.4, 0.5) is 11.4 Å². The summed E-state index contributed by atoms with van der Waals surface area (Å²) in [5.41, 5.74) is 12.3. The third-order valence-corrected chi connectivity index (χ3v) is 4.36. The minimum absolute atomic E-state index is 0.118. The van der Waals surface area contributed by atoms with Gasteiger partial charge in [0.1, 0.15) is 5.25 Å². The summed E-state index contributed by atoms with van der Waals surface area (Å²) >= 11 is 2.17. The van der Waals surface area contributed by atoms with Gasteiger partial charge in [-0.25, -0.2) is 0 Å². The van der Waals surface area contributed by atoms with Crippen LogP contribution in [0.1, 0.15) is 6.92 Å². The molecule has 0 spiro atoms. The normalized spacial score (nSPS) is 12.1. The smallest absolute Gasteiger partial charge is 0.316 e. The summed E-state index contributed by atoms with van der Waals surface area (Å²) < 4.78 is 0. The molecule has 104 valence electrons. The Balaban J connectivity index is 2.95. The van der Waals surface area contributed by atoms with Crippen LogP contribution < -0.4 is 11.5 Å². The standard InChI is InChI=1S/C11H14N2O4S2/c1-5(11(16)17)19-9-3-8(18-4-10(14)15)6(12)2-7(9)13/h2-3,5H,4,12-13H2,1H3,(H,14,15)(H,16,17). The molecule has 0 aliphatic carbocycles. The van der Waals surface area contributed by atoms with Crippen LogP contribution in [-0.2, 0) is 9.59 Å². The van der Waals surface area contributed by atoms with Gasteiger partial charge in [-0.2, -0.15) is 0 Å². The molecule has 0 radical (unpaired) electrons. The van der Waals surface area contributed by atoms with Crippen LogP contribution in [-0.4, -0.2) is 33.2 Å². The Morgan fingerprint density at radius 1 is 1.21 bits per heavy atom. The van der Waals surface area contributed by atoms with Crippen molar-refractivity contribution in [3.8, 4) is 0 Å². The second-order valence-electron chi connectivity index (χ2n) is 3.71. The van der Waals surface area contributed by atoms with Crippen LogP contribution in [0.15, 0.2) is 21.9 Å². The fourth-order valence-electron chi connectivity index (χ4n) is 1.20. The number of anilines is 2. The number of nitrogens with two attached hydrogens (primary N) is 2. The summed E-state index contributed by atoms with van der Waals surface area (Å²) in [5.74, 6) is -2.01. The molecule has 1 aromatic carbocycles. The van der Waals surface area contributed by atoms with Gasteiger partial charge in [0, 0.05) is 21.2 Å². The lowest BCUT2D eigenvalue weighted by Gasteiger charge is -2.12. The first-order chi connectivity index (χ1) is 8.81. The van der Waals surface area contributed by atoms with Gasteiger partial charge in [0.05, 0.1) is 5.75 Å². The molecule has 1 unspecified atom stereocenters. The summed E-state index contributed by atoms with van der Waals surface area (Å²) in [4.78, 5) is 22.5. The van der Waals surface area contributed by atoms with Gasteiger partial charge in [0.15, 0.2) is 0 Å². The number of rotatable bonds is 6. The molecule has 6 N–H and O–H groups in total. The molecule has 0 aliphatic rings. The van der Waals surface area contributed by atoms with Crippen molar-refractivity contribution >= 4 is 46.8 Å². The van der Waals surface area contributed by atoms with Crippen molar-refractivity contribution in [2.24, 2.45) is 0 Å². The first-order valence-electron chi connectivity index (χ1n) is 5.24. The maximum absolute atomic E-state index is 10.8. The van der Waals surface area contributed by atoms with Gasteiger partial charge in [-0.3, -0.25) is 9.59 Å². The molecule has 8 heteroatoms. The Morgan fingerprint density at radius 3 is 2.32 bits per heavy atom. The lowest BCUT2D eigenvalue weighted by atomic mass is 10.3. The Labute approximate surface area is 118 Å². The van der Waals surface area contributed by atoms with E-state index >= 15 is 0 Å². The number of thioether (sulfide) groups is 2. The second-order valence-corrected chi connectivity index (χ2v) is 6.11. The Kier molecular flexibility index (Phi) is 5.37. The number of carbonyl (C=O) groups is 2. The van der Waals surface area contributed by atoms with Crippen molar-refractivity contribution in [3.05, 3.63) is 12.1 Å². The third-order valence-electron chi connectivity index (χ3n) is 2.14. The third kappa shape index (κ3) is 4.56. The van der Waals surface area contributed by atoms with Crippen molar-refractivity contribution in [2.75, 3.05) is 17.2 Å². The van der Waals surface area contributed by atoms with E-state index in [1.54, 1.807) is 13.0 Å². The second kappa shape index (κ2) is 6.58. The van der Waals surface area contributed by atoms with Crippen LogP contribution in [0.3, 0.4) is 0 Å². The molecular formula is C11H14N2O4S2. The minimum Gasteiger partial charge on any atom is -0.481 e. The van der Waals surface area contributed by atoms with Gasteiger partial charge >= 0.3 is 11.9 Å². The van der Waals surface area contributed by atoms with E-state index in [0.29, 0.717) is 21.2 Å². The van der Waals surface area contributed by atoms with E-state index in [4.69, 9.17) is 21.7 Å². The number of carboxylic acid groups (broad SMARTS) is 2. The number of benzene rings is 1. The van der Waals surface area contributed by atoms with Crippen LogP contribution in [0, 0.1) is 0 Å². The molecule has 0 saturated heterocycles. The average Bonchev–Trinajstić information content (AvgIpc) is 2.30. The number of hydrogen-bond acceptors (Lipinski definition) is 6. The fraction of sp³-hybridized carbons (Fsp3) is 0.273. The van der Waals surface area contributed by atoms with Crippen molar-refractivity contribution in [1.29, 1.82) is 0 Å². The lowest BCUT2D eigenvalue weighted by Crippen LogP contribution is -2.11. The van der Waals surface area contributed by atoms with Gasteiger partial charge < -0.3 is 21.7 Å². The Bertz CT molecular complexity index is 508. The lowest BCUT2D eigenvalue weighted by molar-refractivity contribution is -0.136. The Morgan fingerprint density at radius 2 is 1.79 bits per heavy atom. The number of hydrogen-bond donors (Lipinski definition) is 4. The van der Waals surface area contributed by atoms with Crippen LogP contribution in [0.25, 0.3) is 0 Å². The molecular weight excluding hydrogens is 288 g/mol. The van der Waals surface area contributed by atoms with E-state index in [1.807, 2.05) is 0 Å². The van der Waals surface area contributed by atoms with Gasteiger partial charge in [0.2, 0.25) is 0 Å². The van der Waals surface area contributed by atoms with E-state index < -0.39 is 17.2 Å². The van der Waals surface area contributed by atoms with Crippen molar-refractivity contribution in [1.82, 2.24) is 0 Å². The quantitative estimate of drug-likeness (QED) is 0.461. The molecule has 0 bridgehead atoms. The molecule has 0 aliphatic heterocycles. The number of carboxylic acids is 2. The van der Waals surface area contributed by atoms with Crippen LogP contribution in [0.5, 0.6) is 0 Å². The SMILES string of the molecule is CC(Sc1cc(SCC(=O)O)c(N)cc1N)C(=O)O. The molecule has 0 fully saturated rings. The predicted molar refractivity (Wildman–Crippen MR) is 76.6 cm³/mol. The highest BCUT2D eigenvalue weighted by Crippen LogP contribution is 2.36. The van der Waals surface area contributed by atoms with Crippen molar-refractivity contribution < 1.29 is 19.8 Å². The minimum atomic E-state index is -0.950. The van der Waals surface area contributed by atoms with Gasteiger partial charge in [0.25, 0.3) is 0 Å². The zero-order valence-electron chi connectivity index (χ0n) is 10.1. The first kappa shape index (κ1) is 15.5. The summed E-state index contributed by atoms with van der Waals surface area (Å²) in [6.07, 6.45) is 0. The molecule has 0 saturated carbocycles. The molecule has 0 aromatic heterocycles. The van der Waals surface area contributed by atoms with E-state index in [0.717, 1.165) is 23.5 Å². The highest BCUT2D eigenvalue weighted by molar-refractivity contribution is 8.01. The summed E-state index contributed by atoms with van der Waals surface area (Å²) in [6.45, 7) is 1.55. The molecule has 1 aromatic rings.